The Kier molecular flexibility index (Phi) is 6.19. The molecule has 0 saturated heterocycles. The van der Waals surface area contributed by atoms with Crippen molar-refractivity contribution in [3.05, 3.63) is 64.0 Å². The van der Waals surface area contributed by atoms with Gasteiger partial charge in [-0.15, -0.1) is 10.2 Å². The predicted octanol–water partition coefficient (Wildman–Crippen LogP) is 4.01. The number of anilines is 2. The number of carbonyl (C=O) groups is 1. The minimum atomic E-state index is -0.214. The summed E-state index contributed by atoms with van der Waals surface area (Å²) in [6.45, 7) is 8.58. The Morgan fingerprint density at radius 3 is 2.67 bits per heavy atom. The zero-order valence-electron chi connectivity index (χ0n) is 19.2. The Hall–Kier alpha value is -3.66. The van der Waals surface area contributed by atoms with E-state index in [2.05, 4.69) is 62.7 Å². The van der Waals surface area contributed by atoms with Crippen molar-refractivity contribution in [2.45, 2.75) is 39.7 Å². The van der Waals surface area contributed by atoms with Gasteiger partial charge in [-0.2, -0.15) is 5.10 Å². The highest BCUT2D eigenvalue weighted by molar-refractivity contribution is 7.13. The van der Waals surface area contributed by atoms with E-state index in [0.29, 0.717) is 17.5 Å². The number of rotatable bonds is 6. The van der Waals surface area contributed by atoms with E-state index >= 15 is 0 Å². The molecule has 0 bridgehead atoms. The molecular formula is C23H26N8OS. The lowest BCUT2D eigenvalue weighted by Crippen LogP contribution is -2.23. The van der Waals surface area contributed by atoms with E-state index in [0.717, 1.165) is 33.1 Å². The van der Waals surface area contributed by atoms with Crippen molar-refractivity contribution in [1.82, 2.24) is 35.3 Å². The van der Waals surface area contributed by atoms with Gasteiger partial charge in [-0.25, -0.2) is 9.97 Å². The molecule has 0 unspecified atom stereocenters. The second kappa shape index (κ2) is 9.07. The molecule has 33 heavy (non-hydrogen) atoms. The van der Waals surface area contributed by atoms with Crippen molar-refractivity contribution >= 4 is 28.9 Å². The standard InChI is InChI=1S/C23H26N8OS/c1-14-10-15(18-8-9-24-22(28-18)27-17-12-26-31(5)13-17)6-7-16(14)11-25-19(32)20-29-30-21(33-20)23(2,3)4/h6-10,12-13H,11H2,1-5H3,(H,25,32)(H,24,27,28). The summed E-state index contributed by atoms with van der Waals surface area (Å²) in [5, 5.41) is 19.6. The number of aromatic nitrogens is 6. The van der Waals surface area contributed by atoms with Crippen LogP contribution < -0.4 is 10.6 Å². The van der Waals surface area contributed by atoms with E-state index in [1.54, 1.807) is 17.1 Å². The first-order chi connectivity index (χ1) is 15.7. The van der Waals surface area contributed by atoms with Crippen molar-refractivity contribution in [1.29, 1.82) is 0 Å². The van der Waals surface area contributed by atoms with Crippen LogP contribution in [0.15, 0.2) is 42.9 Å². The molecule has 0 fully saturated rings. The highest BCUT2D eigenvalue weighted by Gasteiger charge is 2.22. The summed E-state index contributed by atoms with van der Waals surface area (Å²) in [5.41, 5.74) is 4.55. The Labute approximate surface area is 196 Å². The van der Waals surface area contributed by atoms with Gasteiger partial charge in [-0.3, -0.25) is 9.48 Å². The van der Waals surface area contributed by atoms with Crippen LogP contribution >= 0.6 is 11.3 Å². The molecule has 0 saturated carbocycles. The second-order valence-electron chi connectivity index (χ2n) is 8.78. The van der Waals surface area contributed by atoms with Crippen LogP contribution in [0.5, 0.6) is 0 Å². The van der Waals surface area contributed by atoms with Gasteiger partial charge in [-0.05, 0) is 30.2 Å². The quantitative estimate of drug-likeness (QED) is 0.445. The number of nitrogens with one attached hydrogen (secondary N) is 2. The molecule has 0 aliphatic carbocycles. The van der Waals surface area contributed by atoms with Crippen molar-refractivity contribution in [3.8, 4) is 11.3 Å². The molecule has 4 aromatic rings. The summed E-state index contributed by atoms with van der Waals surface area (Å²) in [5.74, 6) is 0.287. The van der Waals surface area contributed by atoms with E-state index in [-0.39, 0.29) is 11.3 Å². The summed E-state index contributed by atoms with van der Waals surface area (Å²) >= 11 is 1.33. The van der Waals surface area contributed by atoms with Crippen LogP contribution in [0, 0.1) is 6.92 Å². The fourth-order valence-corrected chi connectivity index (χ4v) is 3.93. The molecule has 3 aromatic heterocycles. The molecule has 3 heterocycles. The van der Waals surface area contributed by atoms with Crippen molar-refractivity contribution in [2.24, 2.45) is 7.05 Å². The minimum Gasteiger partial charge on any atom is -0.346 e. The minimum absolute atomic E-state index is 0.128. The molecule has 1 aromatic carbocycles. The normalized spacial score (nSPS) is 11.4. The van der Waals surface area contributed by atoms with Crippen LogP contribution in [0.25, 0.3) is 11.3 Å². The number of carbonyl (C=O) groups excluding carboxylic acids is 1. The molecule has 0 atom stereocenters. The molecule has 170 valence electrons. The van der Waals surface area contributed by atoms with Gasteiger partial charge in [0.1, 0.15) is 5.01 Å². The summed E-state index contributed by atoms with van der Waals surface area (Å²) in [7, 11) is 1.85. The van der Waals surface area contributed by atoms with Crippen LogP contribution in [0.1, 0.15) is 46.7 Å². The topological polar surface area (TPSA) is 111 Å². The summed E-state index contributed by atoms with van der Waals surface area (Å²) in [6.07, 6.45) is 5.29. The van der Waals surface area contributed by atoms with Gasteiger partial charge in [-0.1, -0.05) is 44.2 Å². The van der Waals surface area contributed by atoms with Crippen LogP contribution in [-0.2, 0) is 19.0 Å². The molecule has 0 aliphatic heterocycles. The summed E-state index contributed by atoms with van der Waals surface area (Å²) in [6, 6.07) is 7.92. The summed E-state index contributed by atoms with van der Waals surface area (Å²) < 4.78 is 1.71. The third-order valence-electron chi connectivity index (χ3n) is 4.96. The molecule has 0 spiro atoms. The zero-order chi connectivity index (χ0) is 23.6. The largest absolute Gasteiger partial charge is 0.346 e. The second-order valence-corrected chi connectivity index (χ2v) is 9.76. The lowest BCUT2D eigenvalue weighted by molar-refractivity contribution is 0.0949. The van der Waals surface area contributed by atoms with Crippen LogP contribution in [-0.4, -0.2) is 35.9 Å². The van der Waals surface area contributed by atoms with E-state index in [1.807, 2.05) is 38.4 Å². The van der Waals surface area contributed by atoms with Gasteiger partial charge in [0.25, 0.3) is 5.91 Å². The predicted molar refractivity (Wildman–Crippen MR) is 128 cm³/mol. The summed E-state index contributed by atoms with van der Waals surface area (Å²) in [4.78, 5) is 21.4. The number of amides is 1. The average Bonchev–Trinajstić information content (AvgIpc) is 3.42. The lowest BCUT2D eigenvalue weighted by Gasteiger charge is -2.12. The SMILES string of the molecule is Cc1cc(-c2ccnc(Nc3cnn(C)c3)n2)ccc1CNC(=O)c1nnc(C(C)(C)C)s1. The van der Waals surface area contributed by atoms with Gasteiger partial charge in [0.2, 0.25) is 11.0 Å². The molecule has 1 amide bonds. The van der Waals surface area contributed by atoms with Crippen LogP contribution in [0.2, 0.25) is 0 Å². The number of hydrogen-bond acceptors (Lipinski definition) is 8. The van der Waals surface area contributed by atoms with Gasteiger partial charge in [0.05, 0.1) is 17.6 Å². The van der Waals surface area contributed by atoms with Gasteiger partial charge in [0, 0.05) is 37.0 Å². The molecule has 4 rings (SSSR count). The first kappa shape index (κ1) is 22.5. The van der Waals surface area contributed by atoms with E-state index < -0.39 is 0 Å². The van der Waals surface area contributed by atoms with E-state index in [4.69, 9.17) is 0 Å². The first-order valence-electron chi connectivity index (χ1n) is 10.5. The first-order valence-corrected chi connectivity index (χ1v) is 11.3. The van der Waals surface area contributed by atoms with Crippen LogP contribution in [0.4, 0.5) is 11.6 Å². The maximum Gasteiger partial charge on any atom is 0.282 e. The lowest BCUT2D eigenvalue weighted by atomic mass is 9.98. The number of hydrogen-bond donors (Lipinski definition) is 2. The van der Waals surface area contributed by atoms with Gasteiger partial charge >= 0.3 is 0 Å². The van der Waals surface area contributed by atoms with E-state index in [1.165, 1.54) is 11.3 Å². The highest BCUT2D eigenvalue weighted by atomic mass is 32.1. The number of aryl methyl sites for hydroxylation is 2. The molecular weight excluding hydrogens is 436 g/mol. The molecule has 0 radical (unpaired) electrons. The highest BCUT2D eigenvalue weighted by Crippen LogP contribution is 2.26. The number of benzene rings is 1. The molecule has 0 aliphatic rings. The third kappa shape index (κ3) is 5.40. The van der Waals surface area contributed by atoms with E-state index in [9.17, 15) is 4.79 Å². The number of nitrogens with zero attached hydrogens (tertiary/aromatic N) is 6. The van der Waals surface area contributed by atoms with Crippen molar-refractivity contribution in [2.75, 3.05) is 5.32 Å². The van der Waals surface area contributed by atoms with Crippen molar-refractivity contribution in [3.63, 3.8) is 0 Å². The Bertz CT molecular complexity index is 1290. The maximum atomic E-state index is 12.5. The Morgan fingerprint density at radius 1 is 1.18 bits per heavy atom. The fraction of sp³-hybridized carbons (Fsp3) is 0.304. The Balaban J connectivity index is 1.43. The molecule has 9 nitrogen and oxygen atoms in total. The Morgan fingerprint density at radius 2 is 2.00 bits per heavy atom. The zero-order valence-corrected chi connectivity index (χ0v) is 20.1. The molecule has 10 heteroatoms. The monoisotopic (exact) mass is 462 g/mol. The third-order valence-corrected chi connectivity index (χ3v) is 6.30. The van der Waals surface area contributed by atoms with Gasteiger partial charge in [0.15, 0.2) is 0 Å². The average molecular weight is 463 g/mol. The smallest absolute Gasteiger partial charge is 0.282 e. The van der Waals surface area contributed by atoms with Crippen LogP contribution in [0.3, 0.4) is 0 Å². The van der Waals surface area contributed by atoms with Crippen molar-refractivity contribution < 1.29 is 4.79 Å². The fourth-order valence-electron chi connectivity index (χ4n) is 3.12. The maximum absolute atomic E-state index is 12.5. The molecule has 2 N–H and O–H groups in total. The van der Waals surface area contributed by atoms with Gasteiger partial charge < -0.3 is 10.6 Å².